The number of methoxy groups -OCH3 is 3. The van der Waals surface area contributed by atoms with Crippen molar-refractivity contribution >= 4 is 25.8 Å². The molecule has 2 heterocycles. The van der Waals surface area contributed by atoms with Gasteiger partial charge in [-0.2, -0.15) is 18.9 Å². The van der Waals surface area contributed by atoms with Crippen molar-refractivity contribution < 1.29 is 56.0 Å². The molecule has 1 saturated heterocycles. The molecule has 1 fully saturated rings. The number of aliphatic hydroxyl groups is 1. The van der Waals surface area contributed by atoms with Crippen LogP contribution in [0.5, 0.6) is 23.0 Å². The van der Waals surface area contributed by atoms with E-state index in [2.05, 4.69) is 15.4 Å². The number of aldehydes is 1. The molecule has 4 unspecified atom stereocenters. The number of aliphatic hydroxyl groups excluding tert-OH is 1. The fourth-order valence-corrected chi connectivity index (χ4v) is 6.15. The minimum Gasteiger partial charge on any atom is -0.493 e. The number of para-hydroxylation sites is 1. The van der Waals surface area contributed by atoms with Crippen LogP contribution in [0.1, 0.15) is 30.4 Å². The fourth-order valence-electron chi connectivity index (χ4n) is 4.48. The third-order valence-corrected chi connectivity index (χ3v) is 8.54. The molecule has 0 spiro atoms. The average molecular weight is 683 g/mol. The number of aromatic nitrogens is 2. The lowest BCUT2D eigenvalue weighted by Crippen LogP contribution is -2.43. The molecule has 0 saturated carbocycles. The fraction of sp³-hybridized carbons (Fsp3) is 0.379. The van der Waals surface area contributed by atoms with Gasteiger partial charge in [0.1, 0.15) is 24.0 Å². The number of amides is 1. The standard InChI is InChI=1S/C29H33F2N4O11P/c1-28(2,16-36)34-47(40,46-17-9-7-6-8-10-17)44-15-20-24(37)29(30,31)26(45-20)35-14-13-21(33-27(35)39)32-25(38)18-11-12-19(41-3)23(43-5)22(18)42-4/h6-14,16,20,24,26,37H,15H2,1-5H3,(H,34,40)(H,32,33,38,39). The van der Waals surface area contributed by atoms with Crippen molar-refractivity contribution in [3.63, 3.8) is 0 Å². The van der Waals surface area contributed by atoms with Crippen LogP contribution in [-0.2, 0) is 18.6 Å². The summed E-state index contributed by atoms with van der Waals surface area (Å²) in [5.74, 6) is -4.59. The van der Waals surface area contributed by atoms with Gasteiger partial charge in [-0.05, 0) is 44.2 Å². The van der Waals surface area contributed by atoms with Gasteiger partial charge < -0.3 is 38.7 Å². The summed E-state index contributed by atoms with van der Waals surface area (Å²) >= 11 is 0. The lowest BCUT2D eigenvalue weighted by molar-refractivity contribution is -0.140. The van der Waals surface area contributed by atoms with Gasteiger partial charge in [-0.25, -0.2) is 9.36 Å². The molecule has 0 aliphatic carbocycles. The molecule has 1 aliphatic heterocycles. The van der Waals surface area contributed by atoms with Crippen LogP contribution in [0.2, 0.25) is 0 Å². The van der Waals surface area contributed by atoms with Crippen LogP contribution in [0.3, 0.4) is 0 Å². The van der Waals surface area contributed by atoms with Crippen LogP contribution >= 0.6 is 7.75 Å². The van der Waals surface area contributed by atoms with E-state index >= 15 is 8.78 Å². The molecule has 254 valence electrons. The Kier molecular flexibility index (Phi) is 10.7. The maximum Gasteiger partial charge on any atom is 0.459 e. The van der Waals surface area contributed by atoms with Gasteiger partial charge in [-0.15, -0.1) is 0 Å². The summed E-state index contributed by atoms with van der Waals surface area (Å²) in [5.41, 5.74) is -2.69. The molecule has 2 aromatic carbocycles. The minimum absolute atomic E-state index is 0.00713. The number of carbonyl (C=O) groups is 2. The number of hydrogen-bond donors (Lipinski definition) is 3. The van der Waals surface area contributed by atoms with E-state index in [1.807, 2.05) is 0 Å². The van der Waals surface area contributed by atoms with Crippen molar-refractivity contribution in [2.24, 2.45) is 0 Å². The van der Waals surface area contributed by atoms with Crippen molar-refractivity contribution in [3.8, 4) is 23.0 Å². The third-order valence-electron chi connectivity index (χ3n) is 6.75. The van der Waals surface area contributed by atoms with Crippen LogP contribution < -0.4 is 34.8 Å². The lowest BCUT2D eigenvalue weighted by atomic mass is 10.1. The first-order valence-corrected chi connectivity index (χ1v) is 15.4. The van der Waals surface area contributed by atoms with Gasteiger partial charge in [0.05, 0.1) is 39.0 Å². The highest BCUT2D eigenvalue weighted by atomic mass is 31.2. The number of hydrogen-bond acceptors (Lipinski definition) is 12. The van der Waals surface area contributed by atoms with E-state index in [9.17, 15) is 24.1 Å². The Morgan fingerprint density at radius 3 is 2.38 bits per heavy atom. The van der Waals surface area contributed by atoms with E-state index in [0.29, 0.717) is 10.9 Å². The summed E-state index contributed by atoms with van der Waals surface area (Å²) in [4.78, 5) is 41.0. The van der Waals surface area contributed by atoms with Crippen molar-refractivity contribution in [2.45, 2.75) is 43.7 Å². The topological polar surface area (TPSA) is 186 Å². The quantitative estimate of drug-likeness (QED) is 0.167. The molecule has 15 nitrogen and oxygen atoms in total. The number of anilines is 1. The molecule has 47 heavy (non-hydrogen) atoms. The summed E-state index contributed by atoms with van der Waals surface area (Å²) in [5, 5.41) is 15.3. The zero-order valence-corrected chi connectivity index (χ0v) is 26.7. The molecule has 3 aromatic rings. The first kappa shape index (κ1) is 35.4. The normalized spacial score (nSPS) is 20.1. The molecule has 1 aliphatic rings. The molecule has 0 bridgehead atoms. The van der Waals surface area contributed by atoms with Crippen molar-refractivity contribution in [2.75, 3.05) is 33.3 Å². The average Bonchev–Trinajstić information content (AvgIpc) is 3.26. The maximum atomic E-state index is 15.3. The molecule has 3 N–H and O–H groups in total. The highest BCUT2D eigenvalue weighted by Crippen LogP contribution is 2.48. The zero-order valence-electron chi connectivity index (χ0n) is 25.8. The van der Waals surface area contributed by atoms with E-state index in [4.69, 9.17) is 28.0 Å². The van der Waals surface area contributed by atoms with E-state index < -0.39 is 55.8 Å². The number of carbonyl (C=O) groups excluding carboxylic acids is 2. The Balaban J connectivity index is 1.52. The van der Waals surface area contributed by atoms with Gasteiger partial charge in [0.25, 0.3) is 5.91 Å². The van der Waals surface area contributed by atoms with Gasteiger partial charge in [-0.3, -0.25) is 13.9 Å². The molecule has 4 rings (SSSR count). The Hall–Kier alpha value is -4.41. The smallest absolute Gasteiger partial charge is 0.459 e. The first-order chi connectivity index (χ1) is 22.2. The van der Waals surface area contributed by atoms with Crippen molar-refractivity contribution in [3.05, 3.63) is 70.8 Å². The number of benzene rings is 2. The summed E-state index contributed by atoms with van der Waals surface area (Å²) in [6, 6.07) is 11.6. The second-order valence-corrected chi connectivity index (χ2v) is 12.3. The van der Waals surface area contributed by atoms with Gasteiger partial charge in [0.2, 0.25) is 12.0 Å². The Labute approximate surface area is 267 Å². The summed E-state index contributed by atoms with van der Waals surface area (Å²) < 4.78 is 76.4. The first-order valence-electron chi connectivity index (χ1n) is 13.8. The largest absolute Gasteiger partial charge is 0.493 e. The third kappa shape index (κ3) is 7.77. The van der Waals surface area contributed by atoms with Gasteiger partial charge >= 0.3 is 19.4 Å². The molecule has 4 atom stereocenters. The van der Waals surface area contributed by atoms with E-state index in [1.54, 1.807) is 18.2 Å². The van der Waals surface area contributed by atoms with Crippen LogP contribution in [0, 0.1) is 0 Å². The minimum atomic E-state index is -4.43. The molecular weight excluding hydrogens is 649 g/mol. The molecular formula is C29H33F2N4O11P. The van der Waals surface area contributed by atoms with Crippen LogP contribution in [-0.4, -0.2) is 78.5 Å². The SMILES string of the molecule is COc1ccc(C(=O)Nc2ccn(C3OC(COP(=O)(NC(C)(C)C=O)Oc4ccccc4)C(O)C3(F)F)c(=O)n2)c(OC)c1OC. The summed E-state index contributed by atoms with van der Waals surface area (Å²) in [7, 11) is -0.375. The Bertz CT molecular complexity index is 1710. The van der Waals surface area contributed by atoms with Crippen LogP contribution in [0.15, 0.2) is 59.5 Å². The van der Waals surface area contributed by atoms with E-state index in [1.165, 1.54) is 59.4 Å². The Morgan fingerprint density at radius 2 is 1.79 bits per heavy atom. The zero-order chi connectivity index (χ0) is 34.6. The van der Waals surface area contributed by atoms with Gasteiger partial charge in [0, 0.05) is 6.20 Å². The van der Waals surface area contributed by atoms with Gasteiger partial charge in [0.15, 0.2) is 17.6 Å². The molecule has 1 amide bonds. The number of ether oxygens (including phenoxy) is 4. The molecule has 0 radical (unpaired) electrons. The predicted molar refractivity (Wildman–Crippen MR) is 161 cm³/mol. The molecule has 18 heteroatoms. The van der Waals surface area contributed by atoms with E-state index in [0.717, 1.165) is 12.3 Å². The molecule has 1 aromatic heterocycles. The second-order valence-electron chi connectivity index (χ2n) is 10.6. The monoisotopic (exact) mass is 682 g/mol. The summed E-state index contributed by atoms with van der Waals surface area (Å²) in [6.07, 6.45) is -5.37. The maximum absolute atomic E-state index is 15.3. The number of rotatable bonds is 14. The Morgan fingerprint density at radius 1 is 1.11 bits per heavy atom. The van der Waals surface area contributed by atoms with Crippen molar-refractivity contribution in [1.29, 1.82) is 0 Å². The van der Waals surface area contributed by atoms with E-state index in [-0.39, 0.29) is 34.4 Å². The second kappa shape index (κ2) is 14.1. The van der Waals surface area contributed by atoms with Crippen molar-refractivity contribution in [1.82, 2.24) is 14.6 Å². The number of nitrogens with one attached hydrogen (secondary N) is 2. The highest BCUT2D eigenvalue weighted by Gasteiger charge is 2.60. The van der Waals surface area contributed by atoms with Crippen LogP contribution in [0.4, 0.5) is 14.6 Å². The lowest BCUT2D eigenvalue weighted by Gasteiger charge is -2.27. The number of halogens is 2. The number of nitrogens with zero attached hydrogens (tertiary/aromatic N) is 2. The summed E-state index contributed by atoms with van der Waals surface area (Å²) in [6.45, 7) is 1.86. The number of alkyl halides is 2. The highest BCUT2D eigenvalue weighted by molar-refractivity contribution is 7.52. The van der Waals surface area contributed by atoms with Gasteiger partial charge in [-0.1, -0.05) is 18.2 Å². The van der Waals surface area contributed by atoms with Crippen LogP contribution in [0.25, 0.3) is 0 Å². The predicted octanol–water partition coefficient (Wildman–Crippen LogP) is 3.19.